The van der Waals surface area contributed by atoms with Gasteiger partial charge in [0.2, 0.25) is 0 Å². The number of urea groups is 1. The lowest BCUT2D eigenvalue weighted by Gasteiger charge is -2.26. The van der Waals surface area contributed by atoms with E-state index in [1.807, 2.05) is 18.4 Å². The predicted molar refractivity (Wildman–Crippen MR) is 127 cm³/mol. The SMILES string of the molecule is Cc1cc([N+](=O)[O-])ccc1-n1c(C)cc(/C=C2\C(=O)NC(=O)N(c3ccc(Cl)cc3)C2=O)c1C. The summed E-state index contributed by atoms with van der Waals surface area (Å²) in [6, 6.07) is 11.6. The maximum absolute atomic E-state index is 13.1. The standard InChI is InChI=1S/C24H19ClN4O5/c1-13-10-19(29(33)34)8-9-21(13)27-14(2)11-16(15(27)3)12-20-22(30)26-24(32)28(23(20)31)18-6-4-17(25)5-7-18/h4-12H,1-3H3,(H,26,30,32)/b20-12+. The van der Waals surface area contributed by atoms with E-state index >= 15 is 0 Å². The Morgan fingerprint density at radius 2 is 1.68 bits per heavy atom. The van der Waals surface area contributed by atoms with Gasteiger partial charge in [-0.05, 0) is 74.4 Å². The third-order valence-electron chi connectivity index (χ3n) is 5.59. The summed E-state index contributed by atoms with van der Waals surface area (Å²) in [6.45, 7) is 5.43. The molecule has 0 bridgehead atoms. The van der Waals surface area contributed by atoms with Gasteiger partial charge in [-0.3, -0.25) is 25.0 Å². The number of nitrogens with one attached hydrogen (secondary N) is 1. The molecule has 1 fully saturated rings. The van der Waals surface area contributed by atoms with Crippen LogP contribution in [0.3, 0.4) is 0 Å². The minimum atomic E-state index is -0.846. The molecule has 1 N–H and O–H groups in total. The number of aryl methyl sites for hydroxylation is 2. The Morgan fingerprint density at radius 3 is 2.29 bits per heavy atom. The van der Waals surface area contributed by atoms with Crippen molar-refractivity contribution in [1.82, 2.24) is 9.88 Å². The molecule has 0 atom stereocenters. The molecule has 1 aromatic heterocycles. The molecule has 3 aromatic rings. The number of nitrogens with zero attached hydrogens (tertiary/aromatic N) is 3. The molecule has 9 nitrogen and oxygen atoms in total. The number of halogens is 1. The van der Waals surface area contributed by atoms with Crippen LogP contribution in [0, 0.1) is 30.9 Å². The molecule has 34 heavy (non-hydrogen) atoms. The molecule has 0 radical (unpaired) electrons. The van der Waals surface area contributed by atoms with Crippen molar-refractivity contribution in [2.24, 2.45) is 0 Å². The summed E-state index contributed by atoms with van der Waals surface area (Å²) < 4.78 is 1.89. The van der Waals surface area contributed by atoms with Crippen molar-refractivity contribution in [1.29, 1.82) is 0 Å². The van der Waals surface area contributed by atoms with E-state index in [0.717, 1.165) is 22.0 Å². The van der Waals surface area contributed by atoms with Crippen molar-refractivity contribution in [3.63, 3.8) is 0 Å². The monoisotopic (exact) mass is 478 g/mol. The van der Waals surface area contributed by atoms with Crippen LogP contribution < -0.4 is 10.2 Å². The van der Waals surface area contributed by atoms with Gasteiger partial charge in [0.15, 0.2) is 0 Å². The molecule has 4 amide bonds. The van der Waals surface area contributed by atoms with Gasteiger partial charge in [-0.2, -0.15) is 0 Å². The van der Waals surface area contributed by atoms with E-state index in [9.17, 15) is 24.5 Å². The fraction of sp³-hybridized carbons (Fsp3) is 0.125. The second kappa shape index (κ2) is 8.60. The summed E-state index contributed by atoms with van der Waals surface area (Å²) in [7, 11) is 0. The minimum absolute atomic E-state index is 0.0116. The molecule has 1 aliphatic rings. The first-order valence-corrected chi connectivity index (χ1v) is 10.6. The van der Waals surface area contributed by atoms with Crippen LogP contribution in [0.4, 0.5) is 16.2 Å². The quantitative estimate of drug-likeness (QED) is 0.254. The highest BCUT2D eigenvalue weighted by Gasteiger charge is 2.37. The van der Waals surface area contributed by atoms with E-state index in [2.05, 4.69) is 5.32 Å². The van der Waals surface area contributed by atoms with Crippen molar-refractivity contribution < 1.29 is 19.3 Å². The van der Waals surface area contributed by atoms with Gasteiger partial charge in [0.25, 0.3) is 17.5 Å². The largest absolute Gasteiger partial charge is 0.335 e. The number of imide groups is 2. The molecule has 2 aromatic carbocycles. The fourth-order valence-corrected chi connectivity index (χ4v) is 4.07. The lowest BCUT2D eigenvalue weighted by molar-refractivity contribution is -0.384. The molecule has 0 saturated carbocycles. The lowest BCUT2D eigenvalue weighted by atomic mass is 10.1. The molecule has 1 aliphatic heterocycles. The van der Waals surface area contributed by atoms with Crippen molar-refractivity contribution in [3.8, 4) is 5.69 Å². The van der Waals surface area contributed by atoms with Crippen molar-refractivity contribution in [2.75, 3.05) is 4.90 Å². The van der Waals surface area contributed by atoms with E-state index in [-0.39, 0.29) is 16.9 Å². The third kappa shape index (κ3) is 3.97. The predicted octanol–water partition coefficient (Wildman–Crippen LogP) is 4.63. The van der Waals surface area contributed by atoms with E-state index in [4.69, 9.17) is 11.6 Å². The summed E-state index contributed by atoms with van der Waals surface area (Å²) in [5, 5.41) is 13.7. The average Bonchev–Trinajstić information content (AvgIpc) is 3.05. The Bertz CT molecular complexity index is 1410. The number of hydrogen-bond donors (Lipinski definition) is 1. The van der Waals surface area contributed by atoms with Crippen LogP contribution in [-0.4, -0.2) is 27.3 Å². The van der Waals surface area contributed by atoms with Crippen LogP contribution in [0.2, 0.25) is 5.02 Å². The van der Waals surface area contributed by atoms with Crippen molar-refractivity contribution in [3.05, 3.63) is 91.8 Å². The molecule has 0 unspecified atom stereocenters. The Hall–Kier alpha value is -4.24. The van der Waals surface area contributed by atoms with Gasteiger partial charge in [-0.15, -0.1) is 0 Å². The number of amides is 4. The number of non-ortho nitro benzene ring substituents is 1. The van der Waals surface area contributed by atoms with E-state index in [1.165, 1.54) is 42.5 Å². The zero-order valence-electron chi connectivity index (χ0n) is 18.5. The maximum Gasteiger partial charge on any atom is 0.335 e. The van der Waals surface area contributed by atoms with Crippen LogP contribution in [-0.2, 0) is 9.59 Å². The van der Waals surface area contributed by atoms with Crippen LogP contribution in [0.15, 0.2) is 54.1 Å². The summed E-state index contributed by atoms with van der Waals surface area (Å²) in [6.07, 6.45) is 1.44. The number of anilines is 1. The van der Waals surface area contributed by atoms with E-state index < -0.39 is 22.8 Å². The maximum atomic E-state index is 13.1. The lowest BCUT2D eigenvalue weighted by Crippen LogP contribution is -2.54. The molecule has 10 heteroatoms. The molecule has 172 valence electrons. The van der Waals surface area contributed by atoms with Gasteiger partial charge in [0.05, 0.1) is 10.6 Å². The van der Waals surface area contributed by atoms with Gasteiger partial charge in [0, 0.05) is 34.2 Å². The Kier molecular flexibility index (Phi) is 5.80. The molecular weight excluding hydrogens is 460 g/mol. The van der Waals surface area contributed by atoms with Gasteiger partial charge in [-0.1, -0.05) is 11.6 Å². The van der Waals surface area contributed by atoms with Gasteiger partial charge >= 0.3 is 6.03 Å². The van der Waals surface area contributed by atoms with Gasteiger partial charge < -0.3 is 4.57 Å². The number of nitro groups is 1. The summed E-state index contributed by atoms with van der Waals surface area (Å²) in [4.78, 5) is 49.6. The number of benzene rings is 2. The summed E-state index contributed by atoms with van der Waals surface area (Å²) >= 11 is 5.90. The number of nitro benzene ring substituents is 1. The average molecular weight is 479 g/mol. The third-order valence-corrected chi connectivity index (χ3v) is 5.84. The highest BCUT2D eigenvalue weighted by Crippen LogP contribution is 2.29. The first-order valence-electron chi connectivity index (χ1n) is 10.2. The molecule has 4 rings (SSSR count). The first kappa shape index (κ1) is 22.9. The normalized spacial score (nSPS) is 15.1. The second-order valence-corrected chi connectivity index (χ2v) is 8.26. The zero-order chi connectivity index (χ0) is 24.7. The Balaban J connectivity index is 1.76. The molecule has 0 spiro atoms. The highest BCUT2D eigenvalue weighted by atomic mass is 35.5. The second-order valence-electron chi connectivity index (χ2n) is 7.82. The Morgan fingerprint density at radius 1 is 1.00 bits per heavy atom. The van der Waals surface area contributed by atoms with E-state index in [0.29, 0.717) is 16.1 Å². The summed E-state index contributed by atoms with van der Waals surface area (Å²) in [5.41, 5.74) is 3.62. The molecular formula is C24H19ClN4O5. The van der Waals surface area contributed by atoms with Gasteiger partial charge in [-0.25, -0.2) is 9.69 Å². The molecule has 1 saturated heterocycles. The number of carbonyl (C=O) groups excluding carboxylic acids is 3. The number of aromatic nitrogens is 1. The topological polar surface area (TPSA) is 115 Å². The number of barbiturate groups is 1. The molecule has 2 heterocycles. The smallest absolute Gasteiger partial charge is 0.318 e. The van der Waals surface area contributed by atoms with Crippen LogP contribution >= 0.6 is 11.6 Å². The van der Waals surface area contributed by atoms with Crippen molar-refractivity contribution in [2.45, 2.75) is 20.8 Å². The zero-order valence-corrected chi connectivity index (χ0v) is 19.2. The summed E-state index contributed by atoms with van der Waals surface area (Å²) in [5.74, 6) is -1.55. The van der Waals surface area contributed by atoms with Crippen LogP contribution in [0.1, 0.15) is 22.5 Å². The first-order chi connectivity index (χ1) is 16.1. The number of hydrogen-bond acceptors (Lipinski definition) is 5. The van der Waals surface area contributed by atoms with Crippen LogP contribution in [0.5, 0.6) is 0 Å². The van der Waals surface area contributed by atoms with Crippen LogP contribution in [0.25, 0.3) is 11.8 Å². The fourth-order valence-electron chi connectivity index (χ4n) is 3.95. The highest BCUT2D eigenvalue weighted by molar-refractivity contribution is 6.39. The Labute approximate surface area is 199 Å². The molecule has 0 aliphatic carbocycles. The van der Waals surface area contributed by atoms with E-state index in [1.54, 1.807) is 19.1 Å². The minimum Gasteiger partial charge on any atom is -0.318 e. The number of carbonyl (C=O) groups is 3. The number of rotatable bonds is 4. The van der Waals surface area contributed by atoms with Gasteiger partial charge in [0.1, 0.15) is 5.57 Å². The van der Waals surface area contributed by atoms with Crippen molar-refractivity contribution >= 4 is 46.9 Å².